The third kappa shape index (κ3) is 4.45. The second-order valence-corrected chi connectivity index (χ2v) is 8.60. The number of likely N-dealkylation sites (N-methyl/N-ethyl adjacent to an activating group) is 1. The van der Waals surface area contributed by atoms with Gasteiger partial charge in [0.2, 0.25) is 0 Å². The molecule has 0 aliphatic carbocycles. The number of nitrogens with zero attached hydrogens (tertiary/aromatic N) is 5. The number of rotatable bonds is 5. The Hall–Kier alpha value is -3.71. The molecular formula is C26H28N6O. The summed E-state index contributed by atoms with van der Waals surface area (Å²) < 4.78 is 2.02. The van der Waals surface area contributed by atoms with E-state index in [2.05, 4.69) is 57.5 Å². The second kappa shape index (κ2) is 9.03. The Morgan fingerprint density at radius 3 is 2.55 bits per heavy atom. The lowest BCUT2D eigenvalue weighted by molar-refractivity contribution is 0.0948. The summed E-state index contributed by atoms with van der Waals surface area (Å²) in [5.74, 6) is -0.189. The largest absolute Gasteiger partial charge is 0.369 e. The fourth-order valence-corrected chi connectivity index (χ4v) is 4.26. The molecular weight excluding hydrogens is 412 g/mol. The molecule has 1 aliphatic rings. The van der Waals surface area contributed by atoms with Gasteiger partial charge in [0.1, 0.15) is 5.69 Å². The van der Waals surface area contributed by atoms with Crippen molar-refractivity contribution in [2.45, 2.75) is 6.54 Å². The van der Waals surface area contributed by atoms with Crippen LogP contribution in [0.25, 0.3) is 22.2 Å². The molecule has 0 unspecified atom stereocenters. The molecule has 33 heavy (non-hydrogen) atoms. The summed E-state index contributed by atoms with van der Waals surface area (Å²) in [6.45, 7) is 4.62. The zero-order chi connectivity index (χ0) is 22.8. The molecule has 7 heteroatoms. The lowest BCUT2D eigenvalue weighted by Crippen LogP contribution is -2.44. The minimum Gasteiger partial charge on any atom is -0.369 e. The molecule has 0 bridgehead atoms. The number of carbonyl (C=O) groups is 1. The number of hydrogen-bond acceptors (Lipinski definition) is 5. The highest BCUT2D eigenvalue weighted by Gasteiger charge is 2.18. The van der Waals surface area contributed by atoms with Crippen LogP contribution in [0.4, 0.5) is 5.69 Å². The lowest BCUT2D eigenvalue weighted by Gasteiger charge is -2.34. The van der Waals surface area contributed by atoms with Crippen molar-refractivity contribution in [2.75, 3.05) is 38.1 Å². The predicted octanol–water partition coefficient (Wildman–Crippen LogP) is 3.32. The number of carbonyl (C=O) groups excluding carboxylic acids is 1. The highest BCUT2D eigenvalue weighted by molar-refractivity contribution is 6.05. The summed E-state index contributed by atoms with van der Waals surface area (Å²) in [5, 5.41) is 3.84. The molecule has 0 saturated carbocycles. The molecule has 1 aliphatic heterocycles. The van der Waals surface area contributed by atoms with E-state index >= 15 is 0 Å². The standard InChI is InChI=1S/C26H28N6O/c1-30-12-14-32(15-13-30)21-7-5-20(6-8-21)23-16-24-22(9-11-31(24)2)25(29-23)26(33)28-18-19-4-3-10-27-17-19/h3-11,16-17H,12-15,18H2,1-2H3,(H,28,33). The minimum atomic E-state index is -0.189. The average molecular weight is 441 g/mol. The number of aryl methyl sites for hydroxylation is 1. The Labute approximate surface area is 193 Å². The van der Waals surface area contributed by atoms with Crippen molar-refractivity contribution < 1.29 is 4.79 Å². The number of anilines is 1. The van der Waals surface area contributed by atoms with Gasteiger partial charge in [-0.25, -0.2) is 4.98 Å². The number of nitrogens with one attached hydrogen (secondary N) is 1. The van der Waals surface area contributed by atoms with Crippen LogP contribution in [0.5, 0.6) is 0 Å². The van der Waals surface area contributed by atoms with Gasteiger partial charge in [0, 0.05) is 75.0 Å². The number of fused-ring (bicyclic) bond motifs is 1. The molecule has 1 fully saturated rings. The van der Waals surface area contributed by atoms with E-state index in [1.54, 1.807) is 12.4 Å². The van der Waals surface area contributed by atoms with Gasteiger partial charge in [-0.3, -0.25) is 9.78 Å². The van der Waals surface area contributed by atoms with Crippen LogP contribution in [-0.2, 0) is 13.6 Å². The minimum absolute atomic E-state index is 0.189. The molecule has 7 nitrogen and oxygen atoms in total. The molecule has 1 N–H and O–H groups in total. The Balaban J connectivity index is 1.43. The van der Waals surface area contributed by atoms with Crippen molar-refractivity contribution in [1.29, 1.82) is 0 Å². The van der Waals surface area contributed by atoms with Crippen molar-refractivity contribution in [3.05, 3.63) is 78.4 Å². The summed E-state index contributed by atoms with van der Waals surface area (Å²) in [6.07, 6.45) is 5.44. The summed E-state index contributed by atoms with van der Waals surface area (Å²) >= 11 is 0. The highest BCUT2D eigenvalue weighted by Crippen LogP contribution is 2.27. The van der Waals surface area contributed by atoms with Gasteiger partial charge in [-0.15, -0.1) is 0 Å². The van der Waals surface area contributed by atoms with E-state index in [9.17, 15) is 4.79 Å². The molecule has 4 heterocycles. The number of piperazine rings is 1. The van der Waals surface area contributed by atoms with Crippen LogP contribution in [0.1, 0.15) is 16.1 Å². The van der Waals surface area contributed by atoms with Gasteiger partial charge in [-0.05, 0) is 42.9 Å². The topological polar surface area (TPSA) is 66.3 Å². The van der Waals surface area contributed by atoms with E-state index in [1.165, 1.54) is 5.69 Å². The second-order valence-electron chi connectivity index (χ2n) is 8.60. The van der Waals surface area contributed by atoms with Gasteiger partial charge < -0.3 is 19.7 Å². The maximum absolute atomic E-state index is 13.1. The van der Waals surface area contributed by atoms with Crippen LogP contribution in [0.3, 0.4) is 0 Å². The first-order valence-electron chi connectivity index (χ1n) is 11.3. The number of hydrogen-bond donors (Lipinski definition) is 1. The van der Waals surface area contributed by atoms with Crippen LogP contribution in [0.2, 0.25) is 0 Å². The molecule has 168 valence electrons. The average Bonchev–Trinajstić information content (AvgIpc) is 3.24. The molecule has 5 rings (SSSR count). The molecule has 1 amide bonds. The molecule has 1 aromatic carbocycles. The van der Waals surface area contributed by atoms with Gasteiger partial charge in [-0.1, -0.05) is 18.2 Å². The molecule has 4 aromatic rings. The fraction of sp³-hybridized carbons (Fsp3) is 0.269. The number of aromatic nitrogens is 3. The zero-order valence-electron chi connectivity index (χ0n) is 19.0. The number of pyridine rings is 2. The van der Waals surface area contributed by atoms with Crippen molar-refractivity contribution >= 4 is 22.5 Å². The maximum atomic E-state index is 13.1. The Bertz CT molecular complexity index is 1260. The van der Waals surface area contributed by atoms with E-state index in [0.717, 1.165) is 53.9 Å². The predicted molar refractivity (Wildman–Crippen MR) is 131 cm³/mol. The van der Waals surface area contributed by atoms with E-state index in [4.69, 9.17) is 4.98 Å². The Morgan fingerprint density at radius 1 is 1.03 bits per heavy atom. The van der Waals surface area contributed by atoms with Crippen LogP contribution in [0, 0.1) is 0 Å². The molecule has 0 spiro atoms. The lowest BCUT2D eigenvalue weighted by atomic mass is 10.1. The molecule has 3 aromatic heterocycles. The van der Waals surface area contributed by atoms with Crippen LogP contribution in [-0.4, -0.2) is 58.6 Å². The molecule has 0 atom stereocenters. The SMILES string of the molecule is CN1CCN(c2ccc(-c3cc4c(ccn4C)c(C(=O)NCc4cccnc4)n3)cc2)CC1. The third-order valence-electron chi connectivity index (χ3n) is 6.30. The summed E-state index contributed by atoms with van der Waals surface area (Å²) in [5.41, 5.74) is 5.38. The molecule has 0 radical (unpaired) electrons. The van der Waals surface area contributed by atoms with Crippen LogP contribution >= 0.6 is 0 Å². The van der Waals surface area contributed by atoms with Crippen molar-refractivity contribution in [1.82, 2.24) is 24.8 Å². The Kier molecular flexibility index (Phi) is 5.79. The van der Waals surface area contributed by atoms with Crippen molar-refractivity contribution in [3.8, 4) is 11.3 Å². The first-order valence-corrected chi connectivity index (χ1v) is 11.3. The van der Waals surface area contributed by atoms with Gasteiger partial charge in [0.25, 0.3) is 5.91 Å². The maximum Gasteiger partial charge on any atom is 0.270 e. The fourth-order valence-electron chi connectivity index (χ4n) is 4.26. The smallest absolute Gasteiger partial charge is 0.270 e. The number of benzene rings is 1. The first kappa shape index (κ1) is 21.2. The van der Waals surface area contributed by atoms with Crippen LogP contribution < -0.4 is 10.2 Å². The van der Waals surface area contributed by atoms with E-state index in [1.807, 2.05) is 36.0 Å². The van der Waals surface area contributed by atoms with E-state index in [-0.39, 0.29) is 5.91 Å². The van der Waals surface area contributed by atoms with E-state index < -0.39 is 0 Å². The zero-order valence-corrected chi connectivity index (χ0v) is 19.0. The summed E-state index contributed by atoms with van der Waals surface area (Å²) in [7, 11) is 4.15. The van der Waals surface area contributed by atoms with Gasteiger partial charge >= 0.3 is 0 Å². The highest BCUT2D eigenvalue weighted by atomic mass is 16.1. The van der Waals surface area contributed by atoms with Crippen LogP contribution in [0.15, 0.2) is 67.1 Å². The van der Waals surface area contributed by atoms with Gasteiger partial charge in [0.15, 0.2) is 0 Å². The molecule has 1 saturated heterocycles. The van der Waals surface area contributed by atoms with Gasteiger partial charge in [0.05, 0.1) is 11.2 Å². The summed E-state index contributed by atoms with van der Waals surface area (Å²) in [4.78, 5) is 26.8. The number of amides is 1. The third-order valence-corrected chi connectivity index (χ3v) is 6.30. The monoisotopic (exact) mass is 440 g/mol. The Morgan fingerprint density at radius 2 is 1.82 bits per heavy atom. The van der Waals surface area contributed by atoms with Crippen molar-refractivity contribution in [3.63, 3.8) is 0 Å². The van der Waals surface area contributed by atoms with E-state index in [0.29, 0.717) is 12.2 Å². The van der Waals surface area contributed by atoms with Crippen molar-refractivity contribution in [2.24, 2.45) is 7.05 Å². The first-order chi connectivity index (χ1) is 16.1. The normalized spacial score (nSPS) is 14.5. The quantitative estimate of drug-likeness (QED) is 0.516. The van der Waals surface area contributed by atoms with Gasteiger partial charge in [-0.2, -0.15) is 0 Å². The summed E-state index contributed by atoms with van der Waals surface area (Å²) in [6, 6.07) is 16.3.